The average molecular weight is 328 g/mol. The Morgan fingerprint density at radius 3 is 2.42 bits per heavy atom. The predicted octanol–water partition coefficient (Wildman–Crippen LogP) is 4.06. The van der Waals surface area contributed by atoms with Gasteiger partial charge >= 0.3 is 0 Å². The lowest BCUT2D eigenvalue weighted by Crippen LogP contribution is -2.38. The fraction of sp³-hybridized carbons (Fsp3) is 0.550. The van der Waals surface area contributed by atoms with Crippen LogP contribution in [0.5, 0.6) is 0 Å². The molecule has 2 N–H and O–H groups in total. The first-order valence-corrected chi connectivity index (χ1v) is 8.78. The van der Waals surface area contributed by atoms with Crippen molar-refractivity contribution in [3.63, 3.8) is 0 Å². The molecular formula is C20H28N2O2. The third-order valence-corrected chi connectivity index (χ3v) is 5.26. The summed E-state index contributed by atoms with van der Waals surface area (Å²) >= 11 is 0. The fourth-order valence-electron chi connectivity index (χ4n) is 3.51. The molecule has 1 aliphatic rings. The molecule has 0 aliphatic carbocycles. The first kappa shape index (κ1) is 17.0. The highest BCUT2D eigenvalue weighted by Crippen LogP contribution is 2.35. The van der Waals surface area contributed by atoms with Gasteiger partial charge in [0, 0.05) is 24.7 Å². The minimum Gasteiger partial charge on any atom is -0.440 e. The van der Waals surface area contributed by atoms with Crippen molar-refractivity contribution in [2.45, 2.75) is 53.5 Å². The number of hydrogen-bond acceptors (Lipinski definition) is 4. The minimum absolute atomic E-state index is 0.0571. The van der Waals surface area contributed by atoms with E-state index in [1.54, 1.807) is 0 Å². The second kappa shape index (κ2) is 5.92. The van der Waals surface area contributed by atoms with Crippen molar-refractivity contribution < 1.29 is 4.42 Å². The third-order valence-electron chi connectivity index (χ3n) is 5.26. The van der Waals surface area contributed by atoms with E-state index in [1.165, 1.54) is 0 Å². The molecule has 2 aromatic rings. The molecular weight excluding hydrogens is 300 g/mol. The Morgan fingerprint density at radius 1 is 1.21 bits per heavy atom. The van der Waals surface area contributed by atoms with E-state index in [0.717, 1.165) is 37.1 Å². The van der Waals surface area contributed by atoms with E-state index in [0.29, 0.717) is 27.8 Å². The van der Waals surface area contributed by atoms with Crippen LogP contribution in [0.1, 0.15) is 56.3 Å². The van der Waals surface area contributed by atoms with E-state index in [1.807, 2.05) is 32.9 Å². The van der Waals surface area contributed by atoms with Gasteiger partial charge in [-0.1, -0.05) is 19.9 Å². The van der Waals surface area contributed by atoms with E-state index in [2.05, 4.69) is 18.7 Å². The first-order valence-electron chi connectivity index (χ1n) is 8.78. The van der Waals surface area contributed by atoms with Gasteiger partial charge in [0.1, 0.15) is 5.58 Å². The molecule has 1 fully saturated rings. The average Bonchev–Trinajstić information content (AvgIpc) is 2.51. The summed E-state index contributed by atoms with van der Waals surface area (Å²) < 4.78 is 6.27. The minimum atomic E-state index is -0.175. The molecule has 0 radical (unpaired) electrons. The zero-order valence-corrected chi connectivity index (χ0v) is 15.4. The predicted molar refractivity (Wildman–Crippen MR) is 99.8 cm³/mol. The summed E-state index contributed by atoms with van der Waals surface area (Å²) in [7, 11) is 0. The molecule has 1 aliphatic heterocycles. The molecule has 1 aromatic heterocycles. The van der Waals surface area contributed by atoms with Crippen molar-refractivity contribution in [3.8, 4) is 0 Å². The summed E-state index contributed by atoms with van der Waals surface area (Å²) in [4.78, 5) is 15.1. The fourth-order valence-corrected chi connectivity index (χ4v) is 3.51. The Hall–Kier alpha value is -1.81. The van der Waals surface area contributed by atoms with Crippen LogP contribution in [0.15, 0.2) is 21.3 Å². The van der Waals surface area contributed by atoms with Gasteiger partial charge in [-0.05, 0) is 50.7 Å². The number of fused-ring (bicyclic) bond motifs is 1. The second-order valence-electron chi connectivity index (χ2n) is 8.03. The number of rotatable bonds is 2. The molecule has 130 valence electrons. The van der Waals surface area contributed by atoms with Gasteiger partial charge in [-0.25, -0.2) is 0 Å². The van der Waals surface area contributed by atoms with Crippen LogP contribution in [0.2, 0.25) is 0 Å². The molecule has 1 saturated heterocycles. The van der Waals surface area contributed by atoms with Gasteiger partial charge in [-0.3, -0.25) is 4.79 Å². The molecule has 0 bridgehead atoms. The van der Waals surface area contributed by atoms with E-state index in [-0.39, 0.29) is 11.5 Å². The Morgan fingerprint density at radius 2 is 1.83 bits per heavy atom. The van der Waals surface area contributed by atoms with Crippen molar-refractivity contribution in [1.82, 2.24) is 0 Å². The van der Waals surface area contributed by atoms with Crippen LogP contribution in [0.3, 0.4) is 0 Å². The van der Waals surface area contributed by atoms with Gasteiger partial charge in [0.2, 0.25) is 5.88 Å². The summed E-state index contributed by atoms with van der Waals surface area (Å²) in [5.74, 6) is 0.716. The molecule has 0 unspecified atom stereocenters. The molecule has 1 aromatic carbocycles. The largest absolute Gasteiger partial charge is 0.440 e. The summed E-state index contributed by atoms with van der Waals surface area (Å²) in [6.45, 7) is 12.2. The molecule has 4 nitrogen and oxygen atoms in total. The second-order valence-corrected chi connectivity index (χ2v) is 8.03. The van der Waals surface area contributed by atoms with Crippen molar-refractivity contribution in [2.24, 2.45) is 11.1 Å². The third kappa shape index (κ3) is 2.95. The lowest BCUT2D eigenvalue weighted by Gasteiger charge is -2.37. The first-order chi connectivity index (χ1) is 11.2. The highest BCUT2D eigenvalue weighted by molar-refractivity contribution is 5.83. The molecule has 0 saturated carbocycles. The van der Waals surface area contributed by atoms with Gasteiger partial charge in [0.15, 0.2) is 5.43 Å². The standard InChI is InChI=1S/C20H28N2O2/c1-12-10-15(14(3)21)18-16(11-12)17(23)13(2)19(24-18)22-8-6-20(4,5)7-9-22/h10-11,14H,6-9,21H2,1-5H3/t14-/m1/s1. The van der Waals surface area contributed by atoms with Crippen LogP contribution in [0.25, 0.3) is 11.0 Å². The van der Waals surface area contributed by atoms with Gasteiger partial charge in [-0.2, -0.15) is 0 Å². The number of anilines is 1. The molecule has 24 heavy (non-hydrogen) atoms. The summed E-state index contributed by atoms with van der Waals surface area (Å²) in [5.41, 5.74) is 9.82. The number of aryl methyl sites for hydroxylation is 1. The maximum absolute atomic E-state index is 12.9. The van der Waals surface area contributed by atoms with Crippen LogP contribution in [-0.2, 0) is 0 Å². The number of nitrogens with zero attached hydrogens (tertiary/aromatic N) is 1. The van der Waals surface area contributed by atoms with E-state index in [9.17, 15) is 4.79 Å². The quantitative estimate of drug-likeness (QED) is 0.903. The number of piperidine rings is 1. The highest BCUT2D eigenvalue weighted by Gasteiger charge is 2.28. The molecule has 2 heterocycles. The van der Waals surface area contributed by atoms with Crippen LogP contribution in [0, 0.1) is 19.3 Å². The van der Waals surface area contributed by atoms with Gasteiger partial charge < -0.3 is 15.1 Å². The lowest BCUT2D eigenvalue weighted by atomic mass is 9.82. The Balaban J connectivity index is 2.17. The molecule has 0 amide bonds. The Bertz CT molecular complexity index is 824. The van der Waals surface area contributed by atoms with E-state index < -0.39 is 0 Å². The monoisotopic (exact) mass is 328 g/mol. The smallest absolute Gasteiger partial charge is 0.202 e. The zero-order chi connectivity index (χ0) is 17.6. The van der Waals surface area contributed by atoms with Crippen LogP contribution < -0.4 is 16.1 Å². The topological polar surface area (TPSA) is 59.5 Å². The van der Waals surface area contributed by atoms with Gasteiger partial charge in [-0.15, -0.1) is 0 Å². The summed E-state index contributed by atoms with van der Waals surface area (Å²) in [6.07, 6.45) is 2.20. The van der Waals surface area contributed by atoms with E-state index in [4.69, 9.17) is 10.2 Å². The Labute approximate surface area is 143 Å². The SMILES string of the molecule is Cc1cc([C@@H](C)N)c2oc(N3CCC(C)(C)CC3)c(C)c(=O)c2c1. The number of nitrogens with two attached hydrogens (primary N) is 1. The maximum Gasteiger partial charge on any atom is 0.202 e. The molecule has 4 heteroatoms. The zero-order valence-electron chi connectivity index (χ0n) is 15.4. The normalized spacial score (nSPS) is 18.8. The van der Waals surface area contributed by atoms with Gasteiger partial charge in [0.25, 0.3) is 0 Å². The van der Waals surface area contributed by atoms with Crippen molar-refractivity contribution in [3.05, 3.63) is 39.0 Å². The summed E-state index contributed by atoms with van der Waals surface area (Å²) in [5, 5.41) is 0.640. The molecule has 3 rings (SSSR count). The lowest BCUT2D eigenvalue weighted by molar-refractivity contribution is 0.274. The Kier molecular flexibility index (Phi) is 4.20. The van der Waals surface area contributed by atoms with E-state index >= 15 is 0 Å². The van der Waals surface area contributed by atoms with Crippen LogP contribution >= 0.6 is 0 Å². The highest BCUT2D eigenvalue weighted by atomic mass is 16.4. The van der Waals surface area contributed by atoms with Crippen LogP contribution in [0.4, 0.5) is 5.88 Å². The van der Waals surface area contributed by atoms with Crippen LogP contribution in [-0.4, -0.2) is 13.1 Å². The number of hydrogen-bond donors (Lipinski definition) is 1. The maximum atomic E-state index is 12.9. The van der Waals surface area contributed by atoms with Crippen molar-refractivity contribution >= 4 is 16.9 Å². The molecule has 1 atom stereocenters. The molecule has 0 spiro atoms. The summed E-state index contributed by atoms with van der Waals surface area (Å²) in [6, 6.07) is 3.75. The van der Waals surface area contributed by atoms with Crippen molar-refractivity contribution in [2.75, 3.05) is 18.0 Å². The number of benzene rings is 1. The van der Waals surface area contributed by atoms with Crippen molar-refractivity contribution in [1.29, 1.82) is 0 Å². The van der Waals surface area contributed by atoms with Gasteiger partial charge in [0.05, 0.1) is 10.9 Å².